The number of amides is 1. The molecule has 0 saturated carbocycles. The van der Waals surface area contributed by atoms with Crippen LogP contribution in [-0.4, -0.2) is 51.2 Å². The monoisotopic (exact) mass is 469 g/mol. The molecule has 0 spiro atoms. The zero-order valence-corrected chi connectivity index (χ0v) is 19.1. The molecule has 1 aliphatic heterocycles. The summed E-state index contributed by atoms with van der Waals surface area (Å²) in [4.78, 5) is 15.2. The smallest absolute Gasteiger partial charge is 0.251 e. The van der Waals surface area contributed by atoms with Crippen molar-refractivity contribution < 1.29 is 13.2 Å². The highest BCUT2D eigenvalue weighted by atomic mass is 35.5. The van der Waals surface area contributed by atoms with Crippen LogP contribution >= 0.6 is 23.2 Å². The van der Waals surface area contributed by atoms with Crippen LogP contribution in [0.15, 0.2) is 41.3 Å². The zero-order valence-electron chi connectivity index (χ0n) is 16.7. The first-order valence-corrected chi connectivity index (χ1v) is 12.2. The second-order valence-corrected chi connectivity index (χ2v) is 10.3. The molecule has 1 fully saturated rings. The zero-order chi connectivity index (χ0) is 21.7. The number of carbonyl (C=O) groups is 1. The van der Waals surface area contributed by atoms with Crippen LogP contribution in [0.3, 0.4) is 0 Å². The fourth-order valence-corrected chi connectivity index (χ4v) is 4.99. The molecule has 162 valence electrons. The maximum Gasteiger partial charge on any atom is 0.251 e. The van der Waals surface area contributed by atoms with E-state index in [-0.39, 0.29) is 23.1 Å². The van der Waals surface area contributed by atoms with E-state index >= 15 is 0 Å². The minimum Gasteiger partial charge on any atom is -0.348 e. The van der Waals surface area contributed by atoms with Crippen LogP contribution < -0.4 is 10.6 Å². The lowest BCUT2D eigenvalue weighted by atomic mass is 10.1. The van der Waals surface area contributed by atoms with Gasteiger partial charge in [0.25, 0.3) is 5.91 Å². The Morgan fingerprint density at radius 3 is 2.53 bits per heavy atom. The summed E-state index contributed by atoms with van der Waals surface area (Å²) in [6, 6.07) is 9.88. The predicted molar refractivity (Wildman–Crippen MR) is 120 cm³/mol. The van der Waals surface area contributed by atoms with Crippen molar-refractivity contribution in [1.29, 1.82) is 0 Å². The molecule has 0 aliphatic carbocycles. The number of carbonyl (C=O) groups excluding carboxylic acids is 1. The van der Waals surface area contributed by atoms with E-state index in [1.54, 1.807) is 19.1 Å². The van der Waals surface area contributed by atoms with Gasteiger partial charge in [0, 0.05) is 54.9 Å². The van der Waals surface area contributed by atoms with Crippen molar-refractivity contribution in [3.63, 3.8) is 0 Å². The summed E-state index contributed by atoms with van der Waals surface area (Å²) in [5, 5.41) is 7.01. The van der Waals surface area contributed by atoms with Crippen molar-refractivity contribution in [3.8, 4) is 0 Å². The van der Waals surface area contributed by atoms with Crippen molar-refractivity contribution in [2.75, 3.05) is 31.9 Å². The van der Waals surface area contributed by atoms with Crippen LogP contribution in [0.5, 0.6) is 0 Å². The van der Waals surface area contributed by atoms with Gasteiger partial charge >= 0.3 is 0 Å². The molecule has 2 aromatic rings. The molecule has 0 unspecified atom stereocenters. The molecule has 3 rings (SSSR count). The Balaban J connectivity index is 1.75. The van der Waals surface area contributed by atoms with Gasteiger partial charge in [-0.15, -0.1) is 0 Å². The van der Waals surface area contributed by atoms with Crippen molar-refractivity contribution in [2.45, 2.75) is 24.9 Å². The molecule has 30 heavy (non-hydrogen) atoms. The average Bonchev–Trinajstić information content (AvgIpc) is 2.72. The quantitative estimate of drug-likeness (QED) is 0.650. The highest BCUT2D eigenvalue weighted by Gasteiger charge is 2.18. The van der Waals surface area contributed by atoms with Gasteiger partial charge in [0.2, 0.25) is 0 Å². The van der Waals surface area contributed by atoms with Gasteiger partial charge in [-0.05, 0) is 47.5 Å². The fraction of sp³-hybridized carbons (Fsp3) is 0.381. The third-order valence-electron chi connectivity index (χ3n) is 5.01. The summed E-state index contributed by atoms with van der Waals surface area (Å²) in [6.45, 7) is 6.11. The minimum absolute atomic E-state index is 0.0285. The number of nitrogens with one attached hydrogen (secondary N) is 2. The second-order valence-electron chi connectivity index (χ2n) is 7.21. The van der Waals surface area contributed by atoms with Gasteiger partial charge < -0.3 is 10.6 Å². The van der Waals surface area contributed by atoms with Crippen molar-refractivity contribution in [3.05, 3.63) is 63.1 Å². The van der Waals surface area contributed by atoms with Gasteiger partial charge in [-0.3, -0.25) is 9.69 Å². The Labute approximate surface area is 187 Å². The van der Waals surface area contributed by atoms with E-state index in [0.29, 0.717) is 21.2 Å². The van der Waals surface area contributed by atoms with Crippen molar-refractivity contribution in [2.24, 2.45) is 0 Å². The summed E-state index contributed by atoms with van der Waals surface area (Å²) < 4.78 is 24.7. The first-order valence-electron chi connectivity index (χ1n) is 9.80. The van der Waals surface area contributed by atoms with Crippen LogP contribution in [0.4, 0.5) is 0 Å². The van der Waals surface area contributed by atoms with E-state index in [1.807, 2.05) is 12.1 Å². The maximum absolute atomic E-state index is 12.8. The Kier molecular flexibility index (Phi) is 7.76. The van der Waals surface area contributed by atoms with Gasteiger partial charge in [-0.25, -0.2) is 8.42 Å². The molecular weight excluding hydrogens is 445 g/mol. The third-order valence-corrected chi connectivity index (χ3v) is 7.29. The normalized spacial score (nSPS) is 15.2. The summed E-state index contributed by atoms with van der Waals surface area (Å²) in [5.74, 6) is -0.349. The molecule has 1 amide bonds. The van der Waals surface area contributed by atoms with Crippen LogP contribution in [0.25, 0.3) is 0 Å². The van der Waals surface area contributed by atoms with Crippen LogP contribution in [0.2, 0.25) is 10.0 Å². The van der Waals surface area contributed by atoms with Crippen molar-refractivity contribution >= 4 is 38.9 Å². The third kappa shape index (κ3) is 5.95. The van der Waals surface area contributed by atoms with Gasteiger partial charge in [0.05, 0.1) is 10.6 Å². The minimum atomic E-state index is -3.43. The highest BCUT2D eigenvalue weighted by molar-refractivity contribution is 7.91. The van der Waals surface area contributed by atoms with Crippen LogP contribution in [0, 0.1) is 0 Å². The number of piperazine rings is 1. The number of halogens is 2. The number of hydrogen-bond donors (Lipinski definition) is 2. The van der Waals surface area contributed by atoms with E-state index in [4.69, 9.17) is 23.2 Å². The van der Waals surface area contributed by atoms with Gasteiger partial charge in [-0.2, -0.15) is 0 Å². The van der Waals surface area contributed by atoms with Crippen LogP contribution in [-0.2, 0) is 22.9 Å². The topological polar surface area (TPSA) is 78.5 Å². The molecular formula is C21H25Cl2N3O3S. The summed E-state index contributed by atoms with van der Waals surface area (Å²) in [6.07, 6.45) is 0. The molecule has 0 radical (unpaired) electrons. The van der Waals surface area contributed by atoms with E-state index < -0.39 is 9.84 Å². The predicted octanol–water partition coefficient (Wildman–Crippen LogP) is 3.12. The summed E-state index contributed by atoms with van der Waals surface area (Å²) in [7, 11) is -3.43. The standard InChI is InChI=1S/C21H25Cl2N3O3S/c1-2-30(28,29)20-4-3-18(22)12-17(20)13-25-21(27)16-9-15(10-19(23)11-16)14-26-7-5-24-6-8-26/h3-4,9-12,24H,2,5-8,13-14H2,1H3,(H,25,27). The SMILES string of the molecule is CCS(=O)(=O)c1ccc(Cl)cc1CNC(=O)c1cc(Cl)cc(CN2CCNCC2)c1. The molecule has 0 aromatic heterocycles. The van der Waals surface area contributed by atoms with E-state index in [1.165, 1.54) is 12.1 Å². The Hall–Kier alpha value is -1.64. The molecule has 2 N–H and O–H groups in total. The molecule has 1 saturated heterocycles. The lowest BCUT2D eigenvalue weighted by molar-refractivity contribution is 0.0950. The molecule has 0 bridgehead atoms. The number of sulfone groups is 1. The first kappa shape index (κ1) is 23.0. The van der Waals surface area contributed by atoms with Crippen LogP contribution in [0.1, 0.15) is 28.4 Å². The summed E-state index contributed by atoms with van der Waals surface area (Å²) in [5.41, 5.74) is 1.86. The van der Waals surface area contributed by atoms with Gasteiger partial charge in [0.1, 0.15) is 0 Å². The lowest BCUT2D eigenvalue weighted by Crippen LogP contribution is -2.42. The number of hydrogen-bond acceptors (Lipinski definition) is 5. The van der Waals surface area contributed by atoms with Crippen molar-refractivity contribution in [1.82, 2.24) is 15.5 Å². The lowest BCUT2D eigenvalue weighted by Gasteiger charge is -2.27. The Morgan fingerprint density at radius 1 is 1.10 bits per heavy atom. The van der Waals surface area contributed by atoms with E-state index in [2.05, 4.69) is 15.5 Å². The van der Waals surface area contributed by atoms with Gasteiger partial charge in [-0.1, -0.05) is 30.1 Å². The largest absolute Gasteiger partial charge is 0.348 e. The fourth-order valence-electron chi connectivity index (χ4n) is 3.42. The second kappa shape index (κ2) is 10.1. The number of nitrogens with zero attached hydrogens (tertiary/aromatic N) is 1. The Bertz CT molecular complexity index is 1020. The first-order chi connectivity index (χ1) is 14.3. The molecule has 0 atom stereocenters. The molecule has 1 heterocycles. The summed E-state index contributed by atoms with van der Waals surface area (Å²) >= 11 is 12.3. The molecule has 2 aromatic carbocycles. The van der Waals surface area contributed by atoms with E-state index in [0.717, 1.165) is 38.3 Å². The number of benzene rings is 2. The van der Waals surface area contributed by atoms with Gasteiger partial charge in [0.15, 0.2) is 9.84 Å². The average molecular weight is 470 g/mol. The molecule has 6 nitrogen and oxygen atoms in total. The van der Waals surface area contributed by atoms with E-state index in [9.17, 15) is 13.2 Å². The maximum atomic E-state index is 12.8. The highest BCUT2D eigenvalue weighted by Crippen LogP contribution is 2.22. The molecule has 1 aliphatic rings. The Morgan fingerprint density at radius 2 is 1.83 bits per heavy atom. The number of rotatable bonds is 7. The molecule has 9 heteroatoms.